The number of nitrogens with one attached hydrogen (secondary N) is 1. The van der Waals surface area contributed by atoms with Crippen LogP contribution in [0.4, 0.5) is 0 Å². The predicted octanol–water partition coefficient (Wildman–Crippen LogP) is 5.82. The monoisotopic (exact) mass is 534 g/mol. The summed E-state index contributed by atoms with van der Waals surface area (Å²) in [6.07, 6.45) is 1.01. The summed E-state index contributed by atoms with van der Waals surface area (Å²) >= 11 is 3.41. The summed E-state index contributed by atoms with van der Waals surface area (Å²) in [7, 11) is 0. The quantitative estimate of drug-likeness (QED) is 0.252. The third kappa shape index (κ3) is 7.04. The lowest BCUT2D eigenvalue weighted by Gasteiger charge is -2.15. The first-order valence-corrected chi connectivity index (χ1v) is 12.2. The number of aromatic nitrogens is 1. The van der Waals surface area contributed by atoms with Gasteiger partial charge in [0.2, 0.25) is 5.89 Å². The highest BCUT2D eigenvalue weighted by molar-refractivity contribution is 9.10. The zero-order valence-electron chi connectivity index (χ0n) is 19.4. The average molecular weight is 535 g/mol. The molecule has 4 aromatic rings. The van der Waals surface area contributed by atoms with Crippen LogP contribution in [0.3, 0.4) is 0 Å². The third-order valence-electron chi connectivity index (χ3n) is 5.65. The Bertz CT molecular complexity index is 1240. The molecule has 4 rings (SSSR count). The van der Waals surface area contributed by atoms with E-state index in [0.29, 0.717) is 31.9 Å². The summed E-state index contributed by atoms with van der Waals surface area (Å²) in [6.45, 7) is 2.86. The van der Waals surface area contributed by atoms with Gasteiger partial charge in [0.05, 0.1) is 12.3 Å². The lowest BCUT2D eigenvalue weighted by Crippen LogP contribution is -2.38. The van der Waals surface area contributed by atoms with Crippen molar-refractivity contribution in [1.29, 1.82) is 0 Å². The topological polar surface area (TPSA) is 84.6 Å². The summed E-state index contributed by atoms with van der Waals surface area (Å²) < 4.78 is 12.7. The largest absolute Gasteiger partial charge is 0.493 e. The van der Waals surface area contributed by atoms with Gasteiger partial charge in [-0.1, -0.05) is 58.4 Å². The molecule has 0 saturated carbocycles. The van der Waals surface area contributed by atoms with Crippen LogP contribution in [-0.4, -0.2) is 28.7 Å². The summed E-state index contributed by atoms with van der Waals surface area (Å²) in [5, 5.41) is 12.8. The molecule has 0 bridgehead atoms. The Labute approximate surface area is 213 Å². The number of rotatable bonds is 11. The Morgan fingerprint density at radius 1 is 1.03 bits per heavy atom. The summed E-state index contributed by atoms with van der Waals surface area (Å²) in [5.74, 6) is 1.26. The van der Waals surface area contributed by atoms with E-state index in [2.05, 4.69) is 26.2 Å². The van der Waals surface area contributed by atoms with Gasteiger partial charge in [0, 0.05) is 23.0 Å². The number of carboxylic acid groups (broad SMARTS) is 1. The van der Waals surface area contributed by atoms with E-state index in [1.807, 2.05) is 85.8 Å². The van der Waals surface area contributed by atoms with Crippen LogP contribution in [0.25, 0.3) is 11.5 Å². The van der Waals surface area contributed by atoms with Crippen molar-refractivity contribution in [2.75, 3.05) is 6.61 Å². The van der Waals surface area contributed by atoms with Gasteiger partial charge < -0.3 is 19.6 Å². The van der Waals surface area contributed by atoms with Gasteiger partial charge >= 0.3 is 5.97 Å². The molecule has 0 radical (unpaired) electrons. The Morgan fingerprint density at radius 3 is 2.40 bits per heavy atom. The number of benzene rings is 3. The summed E-state index contributed by atoms with van der Waals surface area (Å²) in [5.41, 5.74) is 3.78. The van der Waals surface area contributed by atoms with Gasteiger partial charge in [0.1, 0.15) is 17.6 Å². The highest BCUT2D eigenvalue weighted by Gasteiger charge is 2.17. The van der Waals surface area contributed by atoms with E-state index in [0.717, 1.165) is 38.4 Å². The number of hydrogen-bond donors (Lipinski definition) is 2. The van der Waals surface area contributed by atoms with Crippen LogP contribution in [0.5, 0.6) is 5.75 Å². The molecule has 1 unspecified atom stereocenters. The Kier molecular flexibility index (Phi) is 8.34. The van der Waals surface area contributed by atoms with Crippen molar-refractivity contribution in [3.63, 3.8) is 0 Å². The van der Waals surface area contributed by atoms with E-state index in [9.17, 15) is 9.90 Å². The van der Waals surface area contributed by atoms with Crippen LogP contribution in [0.15, 0.2) is 87.8 Å². The zero-order chi connectivity index (χ0) is 24.6. The average Bonchev–Trinajstić information content (AvgIpc) is 3.24. The van der Waals surface area contributed by atoms with Crippen molar-refractivity contribution in [3.05, 3.63) is 106 Å². The first-order chi connectivity index (χ1) is 17.0. The molecule has 0 aliphatic rings. The van der Waals surface area contributed by atoms with E-state index in [4.69, 9.17) is 9.15 Å². The van der Waals surface area contributed by atoms with Crippen molar-refractivity contribution in [2.24, 2.45) is 0 Å². The molecular weight excluding hydrogens is 508 g/mol. The van der Waals surface area contributed by atoms with Gasteiger partial charge in [-0.25, -0.2) is 4.98 Å². The Balaban J connectivity index is 1.28. The van der Waals surface area contributed by atoms with Crippen molar-refractivity contribution >= 4 is 21.9 Å². The highest BCUT2D eigenvalue weighted by Crippen LogP contribution is 2.22. The van der Waals surface area contributed by atoms with E-state index >= 15 is 0 Å². The first-order valence-electron chi connectivity index (χ1n) is 11.4. The summed E-state index contributed by atoms with van der Waals surface area (Å²) in [6, 6.07) is 24.5. The second kappa shape index (κ2) is 11.8. The number of carbonyl (C=O) groups is 1. The maximum Gasteiger partial charge on any atom is 0.321 e. The fraction of sp³-hybridized carbons (Fsp3) is 0.214. The first kappa shape index (κ1) is 24.7. The van der Waals surface area contributed by atoms with Crippen LogP contribution < -0.4 is 10.1 Å². The van der Waals surface area contributed by atoms with Gasteiger partial charge in [-0.3, -0.25) is 4.79 Å². The van der Waals surface area contributed by atoms with Gasteiger partial charge in [-0.05, 0) is 60.9 Å². The molecule has 35 heavy (non-hydrogen) atoms. The van der Waals surface area contributed by atoms with Crippen LogP contribution >= 0.6 is 15.9 Å². The van der Waals surface area contributed by atoms with Crippen molar-refractivity contribution in [1.82, 2.24) is 10.3 Å². The SMILES string of the molecule is Cc1oc(-c2ccccc2)nc1CCOc1ccc(CC(NCc2ccc(Br)cc2)C(=O)O)cc1. The number of aryl methyl sites for hydroxylation is 1. The Hall–Kier alpha value is -3.42. The Morgan fingerprint density at radius 2 is 1.71 bits per heavy atom. The van der Waals surface area contributed by atoms with Crippen molar-refractivity contribution in [2.45, 2.75) is 32.4 Å². The minimum Gasteiger partial charge on any atom is -0.493 e. The fourth-order valence-corrected chi connectivity index (χ4v) is 3.94. The lowest BCUT2D eigenvalue weighted by atomic mass is 10.1. The molecular formula is C28H27BrN2O4. The molecule has 1 heterocycles. The van der Waals surface area contributed by atoms with Crippen LogP contribution in [0, 0.1) is 6.92 Å². The molecule has 2 N–H and O–H groups in total. The number of aliphatic carboxylic acids is 1. The molecule has 0 fully saturated rings. The standard InChI is InChI=1S/C28H27BrN2O4/c1-19-25(31-27(35-19)22-5-3-2-4-6-22)15-16-34-24-13-9-20(10-14-24)17-26(28(32)33)30-18-21-7-11-23(29)12-8-21/h2-14,26,30H,15-18H2,1H3,(H,32,33). The number of hydrogen-bond acceptors (Lipinski definition) is 5. The highest BCUT2D eigenvalue weighted by atomic mass is 79.9. The van der Waals surface area contributed by atoms with Crippen LogP contribution in [0.1, 0.15) is 22.6 Å². The minimum atomic E-state index is -0.875. The zero-order valence-corrected chi connectivity index (χ0v) is 21.0. The molecule has 180 valence electrons. The maximum atomic E-state index is 11.7. The van der Waals surface area contributed by atoms with Gasteiger partial charge in [0.15, 0.2) is 0 Å². The molecule has 3 aromatic carbocycles. The lowest BCUT2D eigenvalue weighted by molar-refractivity contribution is -0.139. The molecule has 7 heteroatoms. The number of halogens is 1. The van der Waals surface area contributed by atoms with Crippen molar-refractivity contribution < 1.29 is 19.1 Å². The van der Waals surface area contributed by atoms with E-state index in [-0.39, 0.29) is 0 Å². The van der Waals surface area contributed by atoms with E-state index in [1.54, 1.807) is 0 Å². The van der Waals surface area contributed by atoms with Crippen LogP contribution in [-0.2, 0) is 24.2 Å². The van der Waals surface area contributed by atoms with Gasteiger partial charge in [-0.2, -0.15) is 0 Å². The molecule has 0 saturated heterocycles. The second-order valence-electron chi connectivity index (χ2n) is 8.23. The minimum absolute atomic E-state index is 0.381. The molecule has 0 aliphatic heterocycles. The second-order valence-corrected chi connectivity index (χ2v) is 9.15. The fourth-order valence-electron chi connectivity index (χ4n) is 3.68. The normalized spacial score (nSPS) is 11.8. The molecule has 0 aliphatic carbocycles. The van der Waals surface area contributed by atoms with Gasteiger partial charge in [-0.15, -0.1) is 0 Å². The van der Waals surface area contributed by atoms with Gasteiger partial charge in [0.25, 0.3) is 0 Å². The maximum absolute atomic E-state index is 11.7. The smallest absolute Gasteiger partial charge is 0.321 e. The number of nitrogens with zero attached hydrogens (tertiary/aromatic N) is 1. The molecule has 1 atom stereocenters. The number of oxazole rings is 1. The molecule has 0 amide bonds. The van der Waals surface area contributed by atoms with Crippen LogP contribution in [0.2, 0.25) is 0 Å². The number of ether oxygens (including phenoxy) is 1. The summed E-state index contributed by atoms with van der Waals surface area (Å²) in [4.78, 5) is 16.3. The number of carboxylic acids is 1. The van der Waals surface area contributed by atoms with E-state index < -0.39 is 12.0 Å². The van der Waals surface area contributed by atoms with Crippen molar-refractivity contribution in [3.8, 4) is 17.2 Å². The molecule has 0 spiro atoms. The molecule has 6 nitrogen and oxygen atoms in total. The van der Waals surface area contributed by atoms with E-state index in [1.165, 1.54) is 0 Å². The predicted molar refractivity (Wildman–Crippen MR) is 138 cm³/mol. The third-order valence-corrected chi connectivity index (χ3v) is 6.18. The molecule has 1 aromatic heterocycles.